The van der Waals surface area contributed by atoms with E-state index in [9.17, 15) is 9.59 Å². The summed E-state index contributed by atoms with van der Waals surface area (Å²) in [6.45, 7) is 9.02. The van der Waals surface area contributed by atoms with Crippen molar-refractivity contribution in [3.05, 3.63) is 48.2 Å². The average Bonchev–Trinajstić information content (AvgIpc) is 3.21. The van der Waals surface area contributed by atoms with E-state index >= 15 is 0 Å². The lowest BCUT2D eigenvalue weighted by molar-refractivity contribution is -0.135. The van der Waals surface area contributed by atoms with Crippen molar-refractivity contribution in [3.8, 4) is 0 Å². The number of nitrogens with zero attached hydrogens (tertiary/aromatic N) is 3. The van der Waals surface area contributed by atoms with Crippen LogP contribution in [0.4, 0.5) is 4.79 Å². The number of carbonyl (C=O) groups excluding carboxylic acids is 2. The van der Waals surface area contributed by atoms with Gasteiger partial charge >= 0.3 is 6.03 Å². The third kappa shape index (κ3) is 4.70. The van der Waals surface area contributed by atoms with Crippen molar-refractivity contribution < 1.29 is 9.59 Å². The Labute approximate surface area is 196 Å². The molecule has 4 rings (SSSR count). The maximum absolute atomic E-state index is 13.7. The molecular formula is C26H37N5O2. The number of rotatable bonds is 8. The Morgan fingerprint density at radius 1 is 1.30 bits per heavy atom. The first-order chi connectivity index (χ1) is 15.9. The number of likely N-dealkylation sites (tertiary alicyclic amines) is 1. The maximum atomic E-state index is 13.7. The molecule has 0 spiro atoms. The van der Waals surface area contributed by atoms with E-state index in [4.69, 9.17) is 0 Å². The van der Waals surface area contributed by atoms with Gasteiger partial charge in [-0.1, -0.05) is 18.2 Å². The summed E-state index contributed by atoms with van der Waals surface area (Å²) < 4.78 is 0. The number of nitrogens with one attached hydrogen (secondary N) is 2. The molecule has 7 nitrogen and oxygen atoms in total. The fourth-order valence-electron chi connectivity index (χ4n) is 5.68. The molecule has 2 aliphatic rings. The van der Waals surface area contributed by atoms with E-state index < -0.39 is 0 Å². The smallest absolute Gasteiger partial charge is 0.324 e. The Morgan fingerprint density at radius 3 is 2.85 bits per heavy atom. The summed E-state index contributed by atoms with van der Waals surface area (Å²) in [5.41, 5.74) is 3.84. The first-order valence-electron chi connectivity index (χ1n) is 12.1. The van der Waals surface area contributed by atoms with E-state index in [-0.39, 0.29) is 23.8 Å². The molecule has 1 fully saturated rings. The number of urea groups is 1. The van der Waals surface area contributed by atoms with Gasteiger partial charge in [0.25, 0.3) is 0 Å². The van der Waals surface area contributed by atoms with Crippen molar-refractivity contribution in [2.75, 3.05) is 46.8 Å². The van der Waals surface area contributed by atoms with Crippen molar-refractivity contribution in [1.29, 1.82) is 0 Å². The highest BCUT2D eigenvalue weighted by atomic mass is 16.2. The predicted octanol–water partition coefficient (Wildman–Crippen LogP) is 3.19. The molecule has 1 saturated heterocycles. The lowest BCUT2D eigenvalue weighted by atomic mass is 9.72. The Balaban J connectivity index is 1.61. The fraction of sp³-hybridized carbons (Fsp3) is 0.538. The second kappa shape index (κ2) is 10.1. The predicted molar refractivity (Wildman–Crippen MR) is 132 cm³/mol. The zero-order chi connectivity index (χ0) is 23.5. The fourth-order valence-corrected chi connectivity index (χ4v) is 5.68. The van der Waals surface area contributed by atoms with Gasteiger partial charge in [0.05, 0.1) is 5.92 Å². The van der Waals surface area contributed by atoms with Crippen LogP contribution in [0.5, 0.6) is 0 Å². The van der Waals surface area contributed by atoms with Gasteiger partial charge < -0.3 is 15.2 Å². The monoisotopic (exact) mass is 451 g/mol. The van der Waals surface area contributed by atoms with Crippen LogP contribution in [-0.2, 0) is 11.2 Å². The number of carbonyl (C=O) groups is 2. The molecule has 178 valence electrons. The van der Waals surface area contributed by atoms with Crippen LogP contribution in [0.25, 0.3) is 10.9 Å². The Kier molecular flexibility index (Phi) is 7.20. The SMILES string of the molecule is C=CCN1C[C@H](C(=O)N(CCCN(C)C)C(=O)NCC)C[C@@H]2c3cccc4[nH]cc(c34)CC21. The summed E-state index contributed by atoms with van der Waals surface area (Å²) in [5, 5.41) is 4.16. The summed E-state index contributed by atoms with van der Waals surface area (Å²) >= 11 is 0. The Morgan fingerprint density at radius 2 is 2.12 bits per heavy atom. The minimum Gasteiger partial charge on any atom is -0.361 e. The second-order valence-corrected chi connectivity index (χ2v) is 9.62. The number of hydrogen-bond acceptors (Lipinski definition) is 4. The summed E-state index contributed by atoms with van der Waals surface area (Å²) in [4.78, 5) is 35.9. The molecule has 2 heterocycles. The van der Waals surface area contributed by atoms with Crippen LogP contribution in [0.1, 0.15) is 36.8 Å². The van der Waals surface area contributed by atoms with E-state index in [0.29, 0.717) is 25.7 Å². The molecule has 2 N–H and O–H groups in total. The molecule has 0 bridgehead atoms. The number of hydrogen-bond donors (Lipinski definition) is 2. The number of H-pyrrole nitrogens is 1. The lowest BCUT2D eigenvalue weighted by Gasteiger charge is -2.47. The highest BCUT2D eigenvalue weighted by Gasteiger charge is 2.43. The maximum Gasteiger partial charge on any atom is 0.324 e. The van der Waals surface area contributed by atoms with Crippen LogP contribution >= 0.6 is 0 Å². The van der Waals surface area contributed by atoms with E-state index in [1.165, 1.54) is 21.4 Å². The summed E-state index contributed by atoms with van der Waals surface area (Å²) in [5.74, 6) is -0.0133. The third-order valence-electron chi connectivity index (χ3n) is 7.11. The zero-order valence-electron chi connectivity index (χ0n) is 20.1. The number of amides is 3. The van der Waals surface area contributed by atoms with Crippen molar-refractivity contribution in [3.63, 3.8) is 0 Å². The summed E-state index contributed by atoms with van der Waals surface area (Å²) in [6.07, 6.45) is 6.56. The number of benzene rings is 1. The van der Waals surface area contributed by atoms with E-state index in [2.05, 4.69) is 51.1 Å². The molecule has 0 saturated carbocycles. The number of aromatic nitrogens is 1. The molecule has 1 unspecified atom stereocenters. The first-order valence-corrected chi connectivity index (χ1v) is 12.1. The van der Waals surface area contributed by atoms with Gasteiger partial charge in [-0.2, -0.15) is 0 Å². The van der Waals surface area contributed by atoms with Crippen LogP contribution in [0.2, 0.25) is 0 Å². The molecule has 1 aromatic heterocycles. The van der Waals surface area contributed by atoms with Crippen LogP contribution in [0.3, 0.4) is 0 Å². The lowest BCUT2D eigenvalue weighted by Crippen LogP contribution is -2.55. The molecule has 1 aliphatic carbocycles. The number of piperidine rings is 1. The van der Waals surface area contributed by atoms with E-state index in [1.54, 1.807) is 0 Å². The van der Waals surface area contributed by atoms with Crippen molar-refractivity contribution >= 4 is 22.8 Å². The molecule has 0 radical (unpaired) electrons. The topological polar surface area (TPSA) is 71.7 Å². The minimum atomic E-state index is -0.280. The van der Waals surface area contributed by atoms with Gasteiger partial charge in [-0.3, -0.25) is 14.6 Å². The highest BCUT2D eigenvalue weighted by Crippen LogP contribution is 2.45. The molecular weight excluding hydrogens is 414 g/mol. The summed E-state index contributed by atoms with van der Waals surface area (Å²) in [7, 11) is 4.01. The van der Waals surface area contributed by atoms with Gasteiger partial charge in [-0.05, 0) is 64.0 Å². The quantitative estimate of drug-likeness (QED) is 0.605. The third-order valence-corrected chi connectivity index (χ3v) is 7.11. The molecule has 33 heavy (non-hydrogen) atoms. The Hall–Kier alpha value is -2.64. The first kappa shape index (κ1) is 23.5. The summed E-state index contributed by atoms with van der Waals surface area (Å²) in [6, 6.07) is 6.50. The minimum absolute atomic E-state index is 0.0562. The van der Waals surface area contributed by atoms with Gasteiger partial charge in [-0.15, -0.1) is 6.58 Å². The Bertz CT molecular complexity index is 1010. The molecule has 3 atom stereocenters. The van der Waals surface area contributed by atoms with Gasteiger partial charge in [0.15, 0.2) is 0 Å². The molecule has 1 aliphatic heterocycles. The molecule has 3 amide bonds. The average molecular weight is 452 g/mol. The van der Waals surface area contributed by atoms with Crippen molar-refractivity contribution in [2.45, 2.75) is 38.1 Å². The highest BCUT2D eigenvalue weighted by molar-refractivity contribution is 5.96. The van der Waals surface area contributed by atoms with E-state index in [0.717, 1.165) is 37.9 Å². The van der Waals surface area contributed by atoms with E-state index in [1.807, 2.05) is 27.1 Å². The largest absolute Gasteiger partial charge is 0.361 e. The van der Waals surface area contributed by atoms with Crippen LogP contribution in [-0.4, -0.2) is 84.5 Å². The van der Waals surface area contributed by atoms with Crippen LogP contribution < -0.4 is 5.32 Å². The zero-order valence-corrected chi connectivity index (χ0v) is 20.1. The van der Waals surface area contributed by atoms with Crippen LogP contribution in [0, 0.1) is 5.92 Å². The standard InChI is InChI=1S/C26H37N5O2/c1-5-11-30-17-19(25(32)31(26(33)27-6-2)13-8-12-29(3)4)14-21-20-9-7-10-22-24(20)18(16-28-22)15-23(21)30/h5,7,9-10,16,19,21,23,28H,1,6,8,11-15,17H2,2-4H3,(H,27,33)/t19-,21-,23?/m1/s1. The van der Waals surface area contributed by atoms with Crippen molar-refractivity contribution in [1.82, 2.24) is 25.0 Å². The second-order valence-electron chi connectivity index (χ2n) is 9.62. The normalized spacial score (nSPS) is 22.2. The number of aromatic amines is 1. The van der Waals surface area contributed by atoms with Gasteiger partial charge in [0.2, 0.25) is 5.91 Å². The molecule has 1 aromatic carbocycles. The van der Waals surface area contributed by atoms with Gasteiger partial charge in [0, 0.05) is 55.2 Å². The van der Waals surface area contributed by atoms with Crippen molar-refractivity contribution in [2.24, 2.45) is 5.92 Å². The number of fused-ring (bicyclic) bond motifs is 2. The van der Waals surface area contributed by atoms with Crippen LogP contribution in [0.15, 0.2) is 37.1 Å². The van der Waals surface area contributed by atoms with Gasteiger partial charge in [-0.25, -0.2) is 4.79 Å². The molecule has 2 aromatic rings. The molecule has 7 heteroatoms. The number of imide groups is 1. The van der Waals surface area contributed by atoms with Gasteiger partial charge in [0.1, 0.15) is 0 Å².